The Morgan fingerprint density at radius 3 is 3.04 bits per heavy atom. The molecule has 3 aromatic rings. The molecule has 1 saturated heterocycles. The van der Waals surface area contributed by atoms with Crippen molar-refractivity contribution in [1.82, 2.24) is 29.9 Å². The fourth-order valence-corrected chi connectivity index (χ4v) is 5.41. The Balaban J connectivity index is 1.77. The lowest BCUT2D eigenvalue weighted by Gasteiger charge is -2.32. The first-order chi connectivity index (χ1) is 11.7. The summed E-state index contributed by atoms with van der Waals surface area (Å²) in [6, 6.07) is 0. The van der Waals surface area contributed by atoms with Crippen LogP contribution in [0.25, 0.3) is 16.0 Å². The SMILES string of the molecule is C[C@@H]1CCCN(c2nc3nnnn3c3sc4c(c23)CCN(C)C4)C1. The van der Waals surface area contributed by atoms with Gasteiger partial charge in [-0.2, -0.15) is 9.50 Å². The quantitative estimate of drug-likeness (QED) is 0.673. The summed E-state index contributed by atoms with van der Waals surface area (Å²) in [6.07, 6.45) is 3.62. The second kappa shape index (κ2) is 5.35. The van der Waals surface area contributed by atoms with Gasteiger partial charge in [0, 0.05) is 31.1 Å². The molecule has 0 bridgehead atoms. The maximum absolute atomic E-state index is 4.87. The lowest BCUT2D eigenvalue weighted by Crippen LogP contribution is -2.35. The van der Waals surface area contributed by atoms with Crippen molar-refractivity contribution in [3.8, 4) is 0 Å². The van der Waals surface area contributed by atoms with Gasteiger partial charge in [0.1, 0.15) is 10.6 Å². The number of nitrogens with zero attached hydrogens (tertiary/aromatic N) is 7. The molecule has 5 rings (SSSR count). The number of aromatic nitrogens is 5. The Hall–Kier alpha value is -1.80. The van der Waals surface area contributed by atoms with Crippen LogP contribution in [-0.4, -0.2) is 56.6 Å². The van der Waals surface area contributed by atoms with Crippen molar-refractivity contribution < 1.29 is 0 Å². The van der Waals surface area contributed by atoms with Crippen molar-refractivity contribution in [2.24, 2.45) is 5.92 Å². The minimum Gasteiger partial charge on any atom is -0.356 e. The summed E-state index contributed by atoms with van der Waals surface area (Å²) in [5, 5.41) is 13.4. The molecule has 0 aromatic carbocycles. The maximum Gasteiger partial charge on any atom is 0.276 e. The molecule has 8 heteroatoms. The normalized spacial score (nSPS) is 22.4. The molecule has 0 radical (unpaired) electrons. The third-order valence-electron chi connectivity index (χ3n) is 5.26. The number of piperidine rings is 1. The summed E-state index contributed by atoms with van der Waals surface area (Å²) < 4.78 is 1.81. The number of likely N-dealkylation sites (N-methyl/N-ethyl adjacent to an activating group) is 1. The van der Waals surface area contributed by atoms with Crippen molar-refractivity contribution in [3.05, 3.63) is 10.4 Å². The van der Waals surface area contributed by atoms with E-state index in [4.69, 9.17) is 4.98 Å². The molecule has 5 heterocycles. The van der Waals surface area contributed by atoms with Gasteiger partial charge in [-0.15, -0.1) is 11.3 Å². The van der Waals surface area contributed by atoms with E-state index >= 15 is 0 Å². The van der Waals surface area contributed by atoms with Gasteiger partial charge in [0.2, 0.25) is 0 Å². The number of hydrogen-bond acceptors (Lipinski definition) is 7. The second-order valence-electron chi connectivity index (χ2n) is 7.19. The van der Waals surface area contributed by atoms with Gasteiger partial charge in [-0.1, -0.05) is 12.0 Å². The maximum atomic E-state index is 4.87. The molecule has 2 aliphatic rings. The predicted octanol–water partition coefficient (Wildman–Crippen LogP) is 1.96. The Kier molecular flexibility index (Phi) is 3.24. The molecule has 0 amide bonds. The van der Waals surface area contributed by atoms with Crippen LogP contribution in [0.15, 0.2) is 0 Å². The van der Waals surface area contributed by atoms with Gasteiger partial charge in [-0.25, -0.2) is 0 Å². The van der Waals surface area contributed by atoms with Crippen LogP contribution >= 0.6 is 11.3 Å². The fourth-order valence-electron chi connectivity index (χ4n) is 4.04. The zero-order chi connectivity index (χ0) is 16.3. The van der Waals surface area contributed by atoms with Crippen LogP contribution in [-0.2, 0) is 13.0 Å². The Labute approximate surface area is 144 Å². The summed E-state index contributed by atoms with van der Waals surface area (Å²) >= 11 is 1.83. The summed E-state index contributed by atoms with van der Waals surface area (Å²) in [5.74, 6) is 2.42. The summed E-state index contributed by atoms with van der Waals surface area (Å²) in [7, 11) is 2.19. The van der Waals surface area contributed by atoms with Gasteiger partial charge in [0.15, 0.2) is 0 Å². The van der Waals surface area contributed by atoms with E-state index in [9.17, 15) is 0 Å². The highest BCUT2D eigenvalue weighted by atomic mass is 32.1. The largest absolute Gasteiger partial charge is 0.356 e. The number of anilines is 1. The third-order valence-corrected chi connectivity index (χ3v) is 6.45. The van der Waals surface area contributed by atoms with Crippen molar-refractivity contribution in [2.75, 3.05) is 31.6 Å². The third kappa shape index (κ3) is 2.12. The smallest absolute Gasteiger partial charge is 0.276 e. The van der Waals surface area contributed by atoms with Crippen molar-refractivity contribution in [1.29, 1.82) is 0 Å². The highest BCUT2D eigenvalue weighted by Crippen LogP contribution is 2.40. The lowest BCUT2D eigenvalue weighted by molar-refractivity contribution is 0.318. The van der Waals surface area contributed by atoms with E-state index in [2.05, 4.69) is 39.3 Å². The zero-order valence-electron chi connectivity index (χ0n) is 14.1. The molecule has 0 aliphatic carbocycles. The van der Waals surface area contributed by atoms with Gasteiger partial charge in [-0.05, 0) is 48.2 Å². The number of hydrogen-bond donors (Lipinski definition) is 0. The molecule has 0 unspecified atom stereocenters. The number of thiophene rings is 1. The highest BCUT2D eigenvalue weighted by Gasteiger charge is 2.28. The second-order valence-corrected chi connectivity index (χ2v) is 8.27. The summed E-state index contributed by atoms with van der Waals surface area (Å²) in [6.45, 7) is 6.59. The molecule has 7 nitrogen and oxygen atoms in total. The van der Waals surface area contributed by atoms with E-state index in [1.165, 1.54) is 28.7 Å². The van der Waals surface area contributed by atoms with Crippen LogP contribution in [0.4, 0.5) is 5.82 Å². The van der Waals surface area contributed by atoms with E-state index in [-0.39, 0.29) is 0 Å². The molecule has 1 atom stereocenters. The number of rotatable bonds is 1. The number of fused-ring (bicyclic) bond motifs is 5. The average Bonchev–Trinajstić information content (AvgIpc) is 3.17. The first-order valence-corrected chi connectivity index (χ1v) is 9.48. The Morgan fingerprint density at radius 1 is 1.25 bits per heavy atom. The van der Waals surface area contributed by atoms with E-state index in [0.717, 1.165) is 43.2 Å². The highest BCUT2D eigenvalue weighted by molar-refractivity contribution is 7.19. The standard InChI is InChI=1S/C16H21N7S/c1-10-4-3-6-22(8-10)14-13-11-5-7-21(2)9-12(11)24-15(13)23-16(17-14)18-19-20-23/h10H,3-9H2,1-2H3/t10-/m1/s1. The van der Waals surface area contributed by atoms with Crippen molar-refractivity contribution in [2.45, 2.75) is 32.7 Å². The molecular weight excluding hydrogens is 322 g/mol. The monoisotopic (exact) mass is 343 g/mol. The summed E-state index contributed by atoms with van der Waals surface area (Å²) in [5.41, 5.74) is 1.46. The van der Waals surface area contributed by atoms with E-state index < -0.39 is 0 Å². The van der Waals surface area contributed by atoms with Gasteiger partial charge in [0.25, 0.3) is 5.78 Å². The van der Waals surface area contributed by atoms with Crippen LogP contribution in [0.3, 0.4) is 0 Å². The van der Waals surface area contributed by atoms with Gasteiger partial charge >= 0.3 is 0 Å². The van der Waals surface area contributed by atoms with Crippen LogP contribution in [0.5, 0.6) is 0 Å². The van der Waals surface area contributed by atoms with Crippen LogP contribution in [0.2, 0.25) is 0 Å². The lowest BCUT2D eigenvalue weighted by atomic mass is 9.99. The van der Waals surface area contributed by atoms with Crippen LogP contribution in [0, 0.1) is 5.92 Å². The molecule has 126 valence electrons. The molecule has 0 saturated carbocycles. The zero-order valence-corrected chi connectivity index (χ0v) is 14.9. The molecule has 3 aromatic heterocycles. The van der Waals surface area contributed by atoms with Crippen molar-refractivity contribution in [3.63, 3.8) is 0 Å². The predicted molar refractivity (Wildman–Crippen MR) is 94.6 cm³/mol. The minimum absolute atomic E-state index is 0.614. The Morgan fingerprint density at radius 2 is 2.17 bits per heavy atom. The average molecular weight is 343 g/mol. The van der Waals surface area contributed by atoms with Gasteiger partial charge < -0.3 is 9.80 Å². The molecule has 1 fully saturated rings. The topological polar surface area (TPSA) is 62.5 Å². The number of tetrazole rings is 1. The summed E-state index contributed by atoms with van der Waals surface area (Å²) in [4.78, 5) is 12.3. The van der Waals surface area contributed by atoms with E-state index in [1.807, 2.05) is 15.9 Å². The van der Waals surface area contributed by atoms with Crippen LogP contribution in [0.1, 0.15) is 30.2 Å². The first-order valence-electron chi connectivity index (χ1n) is 8.66. The van der Waals surface area contributed by atoms with Gasteiger partial charge in [0.05, 0.1) is 5.39 Å². The van der Waals surface area contributed by atoms with Crippen molar-refractivity contribution >= 4 is 33.1 Å². The van der Waals surface area contributed by atoms with E-state index in [0.29, 0.717) is 11.7 Å². The molecule has 0 spiro atoms. The molecule has 0 N–H and O–H groups in total. The fraction of sp³-hybridized carbons (Fsp3) is 0.625. The molecular formula is C16H21N7S. The minimum atomic E-state index is 0.614. The molecule has 24 heavy (non-hydrogen) atoms. The molecule has 2 aliphatic heterocycles. The first kappa shape index (κ1) is 14.5. The van der Waals surface area contributed by atoms with Gasteiger partial charge in [-0.3, -0.25) is 0 Å². The van der Waals surface area contributed by atoms with Crippen LogP contribution < -0.4 is 4.90 Å². The van der Waals surface area contributed by atoms with E-state index in [1.54, 1.807) is 0 Å². The Bertz CT molecular complexity index is 914.